The van der Waals surface area contributed by atoms with Gasteiger partial charge in [0.25, 0.3) is 0 Å². The van der Waals surface area contributed by atoms with Gasteiger partial charge in [-0.15, -0.1) is 0 Å². The lowest BCUT2D eigenvalue weighted by Gasteiger charge is -2.19. The highest BCUT2D eigenvalue weighted by molar-refractivity contribution is 5.11. The molecule has 0 bridgehead atoms. The predicted octanol–water partition coefficient (Wildman–Crippen LogP) is 2.96. The van der Waals surface area contributed by atoms with Crippen molar-refractivity contribution in [1.82, 2.24) is 15.1 Å². The molecule has 1 aromatic rings. The van der Waals surface area contributed by atoms with Gasteiger partial charge in [0, 0.05) is 12.2 Å². The van der Waals surface area contributed by atoms with Crippen LogP contribution in [0.15, 0.2) is 6.07 Å². The van der Waals surface area contributed by atoms with Crippen LogP contribution >= 0.6 is 0 Å². The predicted molar refractivity (Wildman–Crippen MR) is 73.5 cm³/mol. The number of rotatable bonds is 8. The highest BCUT2D eigenvalue weighted by Crippen LogP contribution is 2.17. The van der Waals surface area contributed by atoms with Crippen LogP contribution in [0.5, 0.6) is 0 Å². The zero-order valence-corrected chi connectivity index (χ0v) is 11.8. The Morgan fingerprint density at radius 3 is 2.53 bits per heavy atom. The minimum Gasteiger partial charge on any atom is -0.315 e. The minimum atomic E-state index is 0.509. The quantitative estimate of drug-likeness (QED) is 0.753. The molecule has 0 aliphatic rings. The SMILES string of the molecule is CCCC(CNCC)n1nc(CC)cc1CC. The number of aryl methyl sites for hydroxylation is 2. The van der Waals surface area contributed by atoms with Crippen LogP contribution in [0.3, 0.4) is 0 Å². The van der Waals surface area contributed by atoms with E-state index >= 15 is 0 Å². The van der Waals surface area contributed by atoms with E-state index in [1.54, 1.807) is 0 Å². The molecule has 17 heavy (non-hydrogen) atoms. The van der Waals surface area contributed by atoms with Crippen molar-refractivity contribution in [3.05, 3.63) is 17.5 Å². The first-order chi connectivity index (χ1) is 8.26. The number of hydrogen-bond acceptors (Lipinski definition) is 2. The fourth-order valence-corrected chi connectivity index (χ4v) is 2.20. The lowest BCUT2D eigenvalue weighted by atomic mass is 10.1. The van der Waals surface area contributed by atoms with Gasteiger partial charge in [0.05, 0.1) is 11.7 Å². The van der Waals surface area contributed by atoms with Crippen LogP contribution in [0.1, 0.15) is 58.0 Å². The van der Waals surface area contributed by atoms with E-state index in [1.807, 2.05) is 0 Å². The van der Waals surface area contributed by atoms with E-state index in [2.05, 4.69) is 43.8 Å². The van der Waals surface area contributed by atoms with Crippen molar-refractivity contribution >= 4 is 0 Å². The summed E-state index contributed by atoms with van der Waals surface area (Å²) in [4.78, 5) is 0. The van der Waals surface area contributed by atoms with Gasteiger partial charge in [0.15, 0.2) is 0 Å². The Hall–Kier alpha value is -0.830. The molecule has 0 aliphatic carbocycles. The Morgan fingerprint density at radius 2 is 2.00 bits per heavy atom. The Morgan fingerprint density at radius 1 is 1.24 bits per heavy atom. The van der Waals surface area contributed by atoms with Crippen LogP contribution in [0, 0.1) is 0 Å². The summed E-state index contributed by atoms with van der Waals surface area (Å²) >= 11 is 0. The second kappa shape index (κ2) is 7.49. The average Bonchev–Trinajstić information content (AvgIpc) is 2.77. The average molecular weight is 237 g/mol. The van der Waals surface area contributed by atoms with Crippen molar-refractivity contribution in [1.29, 1.82) is 0 Å². The van der Waals surface area contributed by atoms with Gasteiger partial charge >= 0.3 is 0 Å². The molecule has 1 N–H and O–H groups in total. The molecular formula is C14H27N3. The molecule has 0 aliphatic heterocycles. The summed E-state index contributed by atoms with van der Waals surface area (Å²) in [6.07, 6.45) is 4.50. The smallest absolute Gasteiger partial charge is 0.0646 e. The van der Waals surface area contributed by atoms with E-state index in [0.717, 1.165) is 25.9 Å². The van der Waals surface area contributed by atoms with Crippen molar-refractivity contribution in [2.45, 2.75) is 59.4 Å². The van der Waals surface area contributed by atoms with Crippen LogP contribution < -0.4 is 5.32 Å². The van der Waals surface area contributed by atoms with Crippen molar-refractivity contribution in [2.75, 3.05) is 13.1 Å². The molecule has 98 valence electrons. The van der Waals surface area contributed by atoms with Crippen molar-refractivity contribution < 1.29 is 0 Å². The monoisotopic (exact) mass is 237 g/mol. The van der Waals surface area contributed by atoms with Crippen LogP contribution in [0.25, 0.3) is 0 Å². The molecule has 1 heterocycles. The van der Waals surface area contributed by atoms with Gasteiger partial charge < -0.3 is 5.32 Å². The fraction of sp³-hybridized carbons (Fsp3) is 0.786. The number of likely N-dealkylation sites (N-methyl/N-ethyl adjacent to an activating group) is 1. The largest absolute Gasteiger partial charge is 0.315 e. The van der Waals surface area contributed by atoms with Gasteiger partial charge in [0.1, 0.15) is 0 Å². The van der Waals surface area contributed by atoms with Crippen LogP contribution in [0.2, 0.25) is 0 Å². The molecule has 3 heteroatoms. The van der Waals surface area contributed by atoms with Crippen LogP contribution in [-0.4, -0.2) is 22.9 Å². The first-order valence-electron chi connectivity index (χ1n) is 7.04. The van der Waals surface area contributed by atoms with E-state index in [0.29, 0.717) is 6.04 Å². The molecule has 0 saturated heterocycles. The van der Waals surface area contributed by atoms with Gasteiger partial charge in [0.2, 0.25) is 0 Å². The number of aromatic nitrogens is 2. The minimum absolute atomic E-state index is 0.509. The third-order valence-corrected chi connectivity index (χ3v) is 3.19. The topological polar surface area (TPSA) is 29.9 Å². The van der Waals surface area contributed by atoms with E-state index in [4.69, 9.17) is 5.10 Å². The summed E-state index contributed by atoms with van der Waals surface area (Å²) in [7, 11) is 0. The maximum Gasteiger partial charge on any atom is 0.0646 e. The molecular weight excluding hydrogens is 210 g/mol. The van der Waals surface area contributed by atoms with Crippen molar-refractivity contribution in [2.24, 2.45) is 0 Å². The summed E-state index contributed by atoms with van der Waals surface area (Å²) in [5.41, 5.74) is 2.60. The normalized spacial score (nSPS) is 12.9. The molecule has 0 amide bonds. The second-order valence-corrected chi connectivity index (χ2v) is 4.53. The molecule has 0 saturated carbocycles. The van der Waals surface area contributed by atoms with Gasteiger partial charge in [-0.25, -0.2) is 0 Å². The first-order valence-corrected chi connectivity index (χ1v) is 7.04. The van der Waals surface area contributed by atoms with Crippen molar-refractivity contribution in [3.63, 3.8) is 0 Å². The van der Waals surface area contributed by atoms with E-state index in [9.17, 15) is 0 Å². The Kier molecular flexibility index (Phi) is 6.27. The standard InChI is InChI=1S/C14H27N3/c1-5-9-14(11-15-8-4)17-13(7-3)10-12(6-2)16-17/h10,14-15H,5-9,11H2,1-4H3. The van der Waals surface area contributed by atoms with Crippen LogP contribution in [0.4, 0.5) is 0 Å². The number of nitrogens with zero attached hydrogens (tertiary/aromatic N) is 2. The molecule has 0 fully saturated rings. The van der Waals surface area contributed by atoms with Crippen molar-refractivity contribution in [3.8, 4) is 0 Å². The maximum absolute atomic E-state index is 4.75. The fourth-order valence-electron chi connectivity index (χ4n) is 2.20. The van der Waals surface area contributed by atoms with Gasteiger partial charge in [-0.1, -0.05) is 34.1 Å². The summed E-state index contributed by atoms with van der Waals surface area (Å²) < 4.78 is 2.25. The molecule has 1 atom stereocenters. The highest BCUT2D eigenvalue weighted by atomic mass is 15.3. The molecule has 1 aromatic heterocycles. The van der Waals surface area contributed by atoms with Gasteiger partial charge in [-0.3, -0.25) is 4.68 Å². The molecule has 3 nitrogen and oxygen atoms in total. The van der Waals surface area contributed by atoms with Gasteiger partial charge in [-0.2, -0.15) is 5.10 Å². The third kappa shape index (κ3) is 3.84. The maximum atomic E-state index is 4.75. The lowest BCUT2D eigenvalue weighted by molar-refractivity contribution is 0.387. The highest BCUT2D eigenvalue weighted by Gasteiger charge is 2.14. The zero-order chi connectivity index (χ0) is 12.7. The number of nitrogens with one attached hydrogen (secondary N) is 1. The Balaban J connectivity index is 2.86. The molecule has 0 radical (unpaired) electrons. The van der Waals surface area contributed by atoms with E-state index in [-0.39, 0.29) is 0 Å². The Bertz CT molecular complexity index is 317. The lowest BCUT2D eigenvalue weighted by Crippen LogP contribution is -2.27. The molecule has 0 aromatic carbocycles. The zero-order valence-electron chi connectivity index (χ0n) is 11.8. The van der Waals surface area contributed by atoms with E-state index < -0.39 is 0 Å². The Labute approximate surface area is 106 Å². The molecule has 0 spiro atoms. The van der Waals surface area contributed by atoms with E-state index in [1.165, 1.54) is 24.2 Å². The van der Waals surface area contributed by atoms with Gasteiger partial charge in [-0.05, 0) is 31.9 Å². The second-order valence-electron chi connectivity index (χ2n) is 4.53. The number of hydrogen-bond donors (Lipinski definition) is 1. The molecule has 1 rings (SSSR count). The first kappa shape index (κ1) is 14.2. The summed E-state index contributed by atoms with van der Waals surface area (Å²) in [6.45, 7) is 10.8. The molecule has 1 unspecified atom stereocenters. The summed E-state index contributed by atoms with van der Waals surface area (Å²) in [5, 5.41) is 8.20. The summed E-state index contributed by atoms with van der Waals surface area (Å²) in [6, 6.07) is 2.77. The third-order valence-electron chi connectivity index (χ3n) is 3.19. The van der Waals surface area contributed by atoms with Crippen LogP contribution in [-0.2, 0) is 12.8 Å². The summed E-state index contributed by atoms with van der Waals surface area (Å²) in [5.74, 6) is 0.